The highest BCUT2D eigenvalue weighted by atomic mass is 32.1. The number of nitrogens with two attached hydrogens (primary N) is 1. The van der Waals surface area contributed by atoms with Crippen molar-refractivity contribution in [3.8, 4) is 0 Å². The minimum atomic E-state index is 0.0358. The maximum Gasteiger partial charge on any atom is 0.0955 e. The van der Waals surface area contributed by atoms with Crippen molar-refractivity contribution in [3.05, 3.63) is 52.5 Å². The van der Waals surface area contributed by atoms with Crippen molar-refractivity contribution in [1.29, 1.82) is 0 Å². The number of thiophene rings is 1. The van der Waals surface area contributed by atoms with E-state index in [0.29, 0.717) is 6.54 Å². The van der Waals surface area contributed by atoms with E-state index in [2.05, 4.69) is 21.8 Å². The molecule has 96 valence electrons. The van der Waals surface area contributed by atoms with Crippen LogP contribution in [0.1, 0.15) is 23.7 Å². The molecule has 4 heteroatoms. The molecule has 0 amide bonds. The molecule has 3 nitrogen and oxygen atoms in total. The number of ether oxygens (including phenoxy) is 1. The largest absolute Gasteiger partial charge is 0.372 e. The van der Waals surface area contributed by atoms with Crippen LogP contribution in [0.15, 0.2) is 41.4 Å². The van der Waals surface area contributed by atoms with Gasteiger partial charge in [0.05, 0.1) is 6.10 Å². The van der Waals surface area contributed by atoms with Gasteiger partial charge in [0.1, 0.15) is 0 Å². The lowest BCUT2D eigenvalue weighted by Gasteiger charge is -2.14. The third-order valence-electron chi connectivity index (χ3n) is 2.81. The van der Waals surface area contributed by atoms with Crippen molar-refractivity contribution in [3.63, 3.8) is 0 Å². The van der Waals surface area contributed by atoms with Crippen LogP contribution in [0, 0.1) is 0 Å². The summed E-state index contributed by atoms with van der Waals surface area (Å²) in [6.45, 7) is 1.27. The van der Waals surface area contributed by atoms with E-state index in [1.165, 1.54) is 11.1 Å². The summed E-state index contributed by atoms with van der Waals surface area (Å²) in [4.78, 5) is 4.00. The lowest BCUT2D eigenvalue weighted by molar-refractivity contribution is 0.0574. The van der Waals surface area contributed by atoms with Crippen LogP contribution in [0.2, 0.25) is 0 Å². The zero-order valence-corrected chi connectivity index (χ0v) is 11.1. The highest BCUT2D eigenvalue weighted by molar-refractivity contribution is 7.07. The van der Waals surface area contributed by atoms with Crippen LogP contribution in [0.4, 0.5) is 0 Å². The second-order valence-corrected chi connectivity index (χ2v) is 4.89. The number of aromatic nitrogens is 1. The predicted molar refractivity (Wildman–Crippen MR) is 74.6 cm³/mol. The highest BCUT2D eigenvalue weighted by Gasteiger charge is 2.09. The molecular formula is C14H18N2OS. The van der Waals surface area contributed by atoms with Gasteiger partial charge in [-0.1, -0.05) is 0 Å². The van der Waals surface area contributed by atoms with Crippen molar-refractivity contribution in [2.75, 3.05) is 13.2 Å². The van der Waals surface area contributed by atoms with E-state index < -0.39 is 0 Å². The number of aryl methyl sites for hydroxylation is 1. The van der Waals surface area contributed by atoms with Crippen molar-refractivity contribution in [1.82, 2.24) is 4.98 Å². The number of nitrogens with zero attached hydrogens (tertiary/aromatic N) is 1. The molecule has 0 saturated carbocycles. The maximum atomic E-state index is 5.82. The molecule has 1 atom stereocenters. The first-order valence-electron chi connectivity index (χ1n) is 6.13. The summed E-state index contributed by atoms with van der Waals surface area (Å²) in [7, 11) is 0. The fourth-order valence-electron chi connectivity index (χ4n) is 1.81. The van der Waals surface area contributed by atoms with Crippen LogP contribution >= 0.6 is 11.3 Å². The first kappa shape index (κ1) is 13.2. The molecule has 0 saturated heterocycles. The number of pyridine rings is 1. The molecule has 0 aromatic carbocycles. The lowest BCUT2D eigenvalue weighted by Crippen LogP contribution is -2.16. The molecule has 0 spiro atoms. The van der Waals surface area contributed by atoms with Gasteiger partial charge >= 0.3 is 0 Å². The molecular weight excluding hydrogens is 244 g/mol. The van der Waals surface area contributed by atoms with E-state index in [0.717, 1.165) is 19.4 Å². The van der Waals surface area contributed by atoms with Gasteiger partial charge in [-0.2, -0.15) is 11.3 Å². The van der Waals surface area contributed by atoms with Crippen LogP contribution in [0.5, 0.6) is 0 Å². The number of hydrogen-bond acceptors (Lipinski definition) is 4. The zero-order valence-electron chi connectivity index (χ0n) is 10.3. The molecule has 1 unspecified atom stereocenters. The summed E-state index contributed by atoms with van der Waals surface area (Å²) in [5, 5.41) is 4.15. The number of rotatable bonds is 7. The van der Waals surface area contributed by atoms with Gasteiger partial charge in [0.2, 0.25) is 0 Å². The maximum absolute atomic E-state index is 5.82. The quantitative estimate of drug-likeness (QED) is 0.781. The van der Waals surface area contributed by atoms with E-state index in [1.807, 2.05) is 24.5 Å². The van der Waals surface area contributed by atoms with Gasteiger partial charge in [0, 0.05) is 25.5 Å². The highest BCUT2D eigenvalue weighted by Crippen LogP contribution is 2.19. The minimum Gasteiger partial charge on any atom is -0.372 e. The summed E-state index contributed by atoms with van der Waals surface area (Å²) in [6, 6.07) is 6.16. The third kappa shape index (κ3) is 3.91. The van der Waals surface area contributed by atoms with Gasteiger partial charge in [-0.15, -0.1) is 0 Å². The first-order chi connectivity index (χ1) is 8.90. The summed E-state index contributed by atoms with van der Waals surface area (Å²) in [5.41, 5.74) is 8.21. The molecule has 18 heavy (non-hydrogen) atoms. The standard InChI is InChI=1S/C14H18N2OS/c15-10-14(13-5-9-18-11-13)17-8-1-2-12-3-6-16-7-4-12/h3-7,9,11,14H,1-2,8,10,15H2. The minimum absolute atomic E-state index is 0.0358. The Kier molecular flexibility index (Phi) is 5.33. The topological polar surface area (TPSA) is 48.1 Å². The first-order valence-corrected chi connectivity index (χ1v) is 7.07. The van der Waals surface area contributed by atoms with Crippen LogP contribution in [-0.2, 0) is 11.2 Å². The van der Waals surface area contributed by atoms with Crippen LogP contribution in [0.25, 0.3) is 0 Å². The van der Waals surface area contributed by atoms with Gasteiger partial charge < -0.3 is 10.5 Å². The predicted octanol–water partition coefficient (Wildman–Crippen LogP) is 2.79. The Hall–Kier alpha value is -1.23. The Morgan fingerprint density at radius 3 is 2.78 bits per heavy atom. The fourth-order valence-corrected chi connectivity index (χ4v) is 2.51. The van der Waals surface area contributed by atoms with E-state index >= 15 is 0 Å². The second kappa shape index (κ2) is 7.26. The molecule has 2 heterocycles. The van der Waals surface area contributed by atoms with E-state index in [1.54, 1.807) is 11.3 Å². The van der Waals surface area contributed by atoms with Crippen molar-refractivity contribution < 1.29 is 4.74 Å². The Labute approximate surface area is 112 Å². The van der Waals surface area contributed by atoms with Crippen molar-refractivity contribution in [2.24, 2.45) is 5.73 Å². The second-order valence-electron chi connectivity index (χ2n) is 4.11. The normalized spacial score (nSPS) is 12.5. The van der Waals surface area contributed by atoms with Gasteiger partial charge in [-0.05, 0) is 52.9 Å². The monoisotopic (exact) mass is 262 g/mol. The average molecular weight is 262 g/mol. The molecule has 0 radical (unpaired) electrons. The van der Waals surface area contributed by atoms with Crippen molar-refractivity contribution >= 4 is 11.3 Å². The number of hydrogen-bond donors (Lipinski definition) is 1. The van der Waals surface area contributed by atoms with Gasteiger partial charge in [0.25, 0.3) is 0 Å². The summed E-state index contributed by atoms with van der Waals surface area (Å²) >= 11 is 1.68. The molecule has 2 N–H and O–H groups in total. The van der Waals surface area contributed by atoms with Crippen LogP contribution < -0.4 is 5.73 Å². The third-order valence-corrected chi connectivity index (χ3v) is 3.51. The van der Waals surface area contributed by atoms with Gasteiger partial charge in [-0.25, -0.2) is 0 Å². The zero-order chi connectivity index (χ0) is 12.6. The van der Waals surface area contributed by atoms with Gasteiger partial charge in [-0.3, -0.25) is 4.98 Å². The molecule has 2 aromatic heterocycles. The lowest BCUT2D eigenvalue weighted by atomic mass is 10.1. The smallest absolute Gasteiger partial charge is 0.0955 e. The van der Waals surface area contributed by atoms with Gasteiger partial charge in [0.15, 0.2) is 0 Å². The molecule has 2 aromatic rings. The van der Waals surface area contributed by atoms with Crippen molar-refractivity contribution in [2.45, 2.75) is 18.9 Å². The SMILES string of the molecule is NCC(OCCCc1ccncc1)c1ccsc1. The molecule has 0 aliphatic rings. The van der Waals surface area contributed by atoms with Crippen LogP contribution in [0.3, 0.4) is 0 Å². The molecule has 0 fully saturated rings. The fraction of sp³-hybridized carbons (Fsp3) is 0.357. The molecule has 2 rings (SSSR count). The van der Waals surface area contributed by atoms with E-state index in [9.17, 15) is 0 Å². The Balaban J connectivity index is 1.71. The van der Waals surface area contributed by atoms with E-state index in [-0.39, 0.29) is 6.10 Å². The van der Waals surface area contributed by atoms with Crippen LogP contribution in [-0.4, -0.2) is 18.1 Å². The summed E-state index contributed by atoms with van der Waals surface area (Å²) in [5.74, 6) is 0. The Morgan fingerprint density at radius 1 is 1.28 bits per heavy atom. The average Bonchev–Trinajstić information content (AvgIpc) is 2.94. The Bertz CT molecular complexity index is 430. The summed E-state index contributed by atoms with van der Waals surface area (Å²) < 4.78 is 5.82. The molecule has 0 aliphatic heterocycles. The van der Waals surface area contributed by atoms with E-state index in [4.69, 9.17) is 10.5 Å². The molecule has 0 aliphatic carbocycles. The summed E-state index contributed by atoms with van der Waals surface area (Å²) in [6.07, 6.45) is 5.71. The molecule has 0 bridgehead atoms. The Morgan fingerprint density at radius 2 is 2.11 bits per heavy atom.